The van der Waals surface area contributed by atoms with Crippen LogP contribution < -0.4 is 10.1 Å². The largest absolute Gasteiger partial charge is 0.431 e. The molecule has 2 aromatic carbocycles. The van der Waals surface area contributed by atoms with Crippen molar-refractivity contribution < 1.29 is 23.9 Å². The summed E-state index contributed by atoms with van der Waals surface area (Å²) in [4.78, 5) is 54.7. The molecule has 0 atom stereocenters. The number of carbonyl (C=O) groups excluding carboxylic acids is 4. The van der Waals surface area contributed by atoms with Gasteiger partial charge in [0.25, 0.3) is 17.0 Å². The molecule has 3 aromatic rings. The number of nitrogens with one attached hydrogen (secondary N) is 1. The first kappa shape index (κ1) is 20.9. The van der Waals surface area contributed by atoms with Crippen LogP contribution in [0.3, 0.4) is 0 Å². The summed E-state index contributed by atoms with van der Waals surface area (Å²) in [6.45, 7) is 0. The number of fused-ring (bicyclic) bond motifs is 1. The number of benzene rings is 2. The zero-order valence-electron chi connectivity index (χ0n) is 16.3. The highest BCUT2D eigenvalue weighted by Crippen LogP contribution is 2.33. The number of ether oxygens (including phenoxy) is 1. The number of thiazole rings is 1. The monoisotopic (exact) mass is 502 g/mol. The van der Waals surface area contributed by atoms with Gasteiger partial charge in [0, 0.05) is 24.3 Å². The van der Waals surface area contributed by atoms with Gasteiger partial charge in [-0.1, -0.05) is 27.3 Å². The van der Waals surface area contributed by atoms with E-state index in [-0.39, 0.29) is 0 Å². The minimum absolute atomic E-state index is 0.369. The van der Waals surface area contributed by atoms with Crippen molar-refractivity contribution >= 4 is 66.9 Å². The number of urea groups is 1. The molecule has 1 aliphatic rings. The van der Waals surface area contributed by atoms with E-state index in [1.54, 1.807) is 24.3 Å². The molecule has 31 heavy (non-hydrogen) atoms. The van der Waals surface area contributed by atoms with Crippen LogP contribution in [0.4, 0.5) is 10.5 Å². The van der Waals surface area contributed by atoms with Crippen molar-refractivity contribution in [2.24, 2.45) is 5.92 Å². The van der Waals surface area contributed by atoms with E-state index < -0.39 is 29.7 Å². The smallest absolute Gasteiger partial charge is 0.332 e. The predicted octanol–water partition coefficient (Wildman–Crippen LogP) is 3.46. The van der Waals surface area contributed by atoms with Crippen LogP contribution in [0.15, 0.2) is 46.9 Å². The molecule has 0 spiro atoms. The van der Waals surface area contributed by atoms with Gasteiger partial charge in [-0.3, -0.25) is 24.2 Å². The first-order valence-corrected chi connectivity index (χ1v) is 10.6. The van der Waals surface area contributed by atoms with Crippen LogP contribution in [-0.4, -0.2) is 52.6 Å². The lowest BCUT2D eigenvalue weighted by atomic mass is 10.0. The maximum atomic E-state index is 12.5. The summed E-state index contributed by atoms with van der Waals surface area (Å²) in [6, 6.07) is 11.4. The minimum Gasteiger partial charge on any atom is -0.431 e. The van der Waals surface area contributed by atoms with Crippen LogP contribution >= 0.6 is 27.3 Å². The molecule has 1 N–H and O–H groups in total. The van der Waals surface area contributed by atoms with Crippen LogP contribution in [0.2, 0.25) is 0 Å². The molecule has 158 valence electrons. The third-order valence-electron chi connectivity index (χ3n) is 4.65. The highest BCUT2D eigenvalue weighted by Gasteiger charge is 2.46. The molecule has 11 heteroatoms. The van der Waals surface area contributed by atoms with E-state index in [4.69, 9.17) is 4.74 Å². The summed E-state index contributed by atoms with van der Waals surface area (Å²) in [7, 11) is 2.45. The molecule has 1 saturated heterocycles. The summed E-state index contributed by atoms with van der Waals surface area (Å²) in [5.41, 5.74) is 1.19. The number of halogens is 1. The fraction of sp³-hybridized carbons (Fsp3) is 0.150. The average Bonchev–Trinajstić information content (AvgIpc) is 3.13. The van der Waals surface area contributed by atoms with Crippen molar-refractivity contribution in [1.82, 2.24) is 14.8 Å². The van der Waals surface area contributed by atoms with Gasteiger partial charge in [0.05, 0.1) is 10.2 Å². The molecule has 0 saturated carbocycles. The lowest BCUT2D eigenvalue weighted by Gasteiger charge is -2.32. The van der Waals surface area contributed by atoms with Crippen LogP contribution in [0, 0.1) is 5.92 Å². The van der Waals surface area contributed by atoms with Crippen molar-refractivity contribution in [2.75, 3.05) is 19.4 Å². The SMILES string of the molecule is CN1C(=O)C(C(=O)Nc2ccc(Oc3nc4ccc(Br)cc4s3)cc2)C(=O)N(C)C1=O. The number of rotatable bonds is 4. The number of hydrogen-bond donors (Lipinski definition) is 1. The fourth-order valence-corrected chi connectivity index (χ4v) is 4.36. The lowest BCUT2D eigenvalue weighted by Crippen LogP contribution is -2.59. The number of aromatic nitrogens is 1. The molecule has 4 rings (SSSR count). The number of barbiturate groups is 1. The van der Waals surface area contributed by atoms with Gasteiger partial charge >= 0.3 is 6.03 Å². The van der Waals surface area contributed by atoms with E-state index in [0.29, 0.717) is 16.6 Å². The highest BCUT2D eigenvalue weighted by molar-refractivity contribution is 9.10. The second kappa shape index (κ2) is 8.08. The Balaban J connectivity index is 1.45. The second-order valence-electron chi connectivity index (χ2n) is 6.72. The number of carbonyl (C=O) groups is 4. The topological polar surface area (TPSA) is 109 Å². The second-order valence-corrected chi connectivity index (χ2v) is 8.63. The van der Waals surface area contributed by atoms with Crippen molar-refractivity contribution in [1.29, 1.82) is 0 Å². The fourth-order valence-electron chi connectivity index (χ4n) is 2.97. The van der Waals surface area contributed by atoms with Gasteiger partial charge in [-0.15, -0.1) is 0 Å². The van der Waals surface area contributed by atoms with Crippen LogP contribution in [-0.2, 0) is 14.4 Å². The van der Waals surface area contributed by atoms with Gasteiger partial charge < -0.3 is 10.1 Å². The molecule has 0 bridgehead atoms. The summed E-state index contributed by atoms with van der Waals surface area (Å²) >= 11 is 4.82. The van der Waals surface area contributed by atoms with E-state index in [2.05, 4.69) is 26.2 Å². The third kappa shape index (κ3) is 4.01. The highest BCUT2D eigenvalue weighted by atomic mass is 79.9. The van der Waals surface area contributed by atoms with Crippen molar-refractivity contribution in [3.05, 3.63) is 46.9 Å². The first-order valence-electron chi connectivity index (χ1n) is 8.98. The van der Waals surface area contributed by atoms with Crippen LogP contribution in [0.5, 0.6) is 10.9 Å². The lowest BCUT2D eigenvalue weighted by molar-refractivity contribution is -0.151. The van der Waals surface area contributed by atoms with E-state index in [1.165, 1.54) is 25.4 Å². The summed E-state index contributed by atoms with van der Waals surface area (Å²) in [5, 5.41) is 3.00. The maximum Gasteiger partial charge on any atom is 0.332 e. The third-order valence-corrected chi connectivity index (χ3v) is 6.04. The van der Waals surface area contributed by atoms with E-state index >= 15 is 0 Å². The molecule has 0 aliphatic carbocycles. The van der Waals surface area contributed by atoms with Crippen molar-refractivity contribution in [3.8, 4) is 10.9 Å². The molecule has 0 radical (unpaired) electrons. The molecule has 5 amide bonds. The quantitative estimate of drug-likeness (QED) is 0.547. The van der Waals surface area contributed by atoms with Crippen molar-refractivity contribution in [3.63, 3.8) is 0 Å². The van der Waals surface area contributed by atoms with Gasteiger partial charge in [-0.25, -0.2) is 9.78 Å². The van der Waals surface area contributed by atoms with E-state index in [0.717, 1.165) is 24.5 Å². The molecular formula is C20H15BrN4O5S. The molecule has 9 nitrogen and oxygen atoms in total. The Kier molecular flexibility index (Phi) is 5.46. The molecular weight excluding hydrogens is 488 g/mol. The van der Waals surface area contributed by atoms with Gasteiger partial charge in [0.1, 0.15) is 5.75 Å². The number of amides is 5. The normalized spacial score (nSPS) is 15.0. The molecule has 1 aromatic heterocycles. The van der Waals surface area contributed by atoms with Crippen LogP contribution in [0.25, 0.3) is 10.2 Å². The van der Waals surface area contributed by atoms with Crippen molar-refractivity contribution in [2.45, 2.75) is 0 Å². The molecule has 2 heterocycles. The molecule has 1 fully saturated rings. The Morgan fingerprint density at radius 3 is 2.35 bits per heavy atom. The average molecular weight is 503 g/mol. The molecule has 1 aliphatic heterocycles. The zero-order chi connectivity index (χ0) is 22.3. The number of hydrogen-bond acceptors (Lipinski definition) is 7. The maximum absolute atomic E-state index is 12.5. The van der Waals surface area contributed by atoms with Crippen LogP contribution in [0.1, 0.15) is 0 Å². The Labute approximate surface area is 188 Å². The zero-order valence-corrected chi connectivity index (χ0v) is 18.7. The van der Waals surface area contributed by atoms with E-state index in [9.17, 15) is 19.2 Å². The van der Waals surface area contributed by atoms with E-state index in [1.807, 2.05) is 18.2 Å². The summed E-state index contributed by atoms with van der Waals surface area (Å²) in [5.74, 6) is -3.66. The summed E-state index contributed by atoms with van der Waals surface area (Å²) < 4.78 is 7.70. The number of nitrogens with zero attached hydrogens (tertiary/aromatic N) is 3. The summed E-state index contributed by atoms with van der Waals surface area (Å²) in [6.07, 6.45) is 0. The Hall–Kier alpha value is -3.31. The Morgan fingerprint density at radius 1 is 1.06 bits per heavy atom. The Morgan fingerprint density at radius 2 is 1.71 bits per heavy atom. The predicted molar refractivity (Wildman–Crippen MR) is 117 cm³/mol. The van der Waals surface area contributed by atoms with Gasteiger partial charge in [0.15, 0.2) is 5.92 Å². The van der Waals surface area contributed by atoms with Gasteiger partial charge in [-0.2, -0.15) is 0 Å². The van der Waals surface area contributed by atoms with Gasteiger partial charge in [0.2, 0.25) is 5.91 Å². The number of anilines is 1. The van der Waals surface area contributed by atoms with Gasteiger partial charge in [-0.05, 0) is 42.5 Å². The standard InChI is InChI=1S/C20H15BrN4O5S/c1-24-17(27)15(18(28)25(2)20(24)29)16(26)22-11-4-6-12(7-5-11)30-19-23-13-8-3-10(21)9-14(13)31-19/h3-9,15H,1-2H3,(H,22,26). The first-order chi connectivity index (χ1) is 14.7. The number of imide groups is 2. The molecule has 0 unspecified atom stereocenters. The minimum atomic E-state index is -1.62. The Bertz CT molecular complexity index is 1200.